The topological polar surface area (TPSA) is 114 Å². The zero-order valence-electron chi connectivity index (χ0n) is 15.1. The number of amides is 2. The van der Waals surface area contributed by atoms with Crippen molar-refractivity contribution in [2.45, 2.75) is 0 Å². The van der Waals surface area contributed by atoms with Gasteiger partial charge >= 0.3 is 0 Å². The lowest BCUT2D eigenvalue weighted by Crippen LogP contribution is -2.41. The number of non-ortho nitro benzene ring substituents is 1. The SMILES string of the molecule is O=C(CN1CCOCC1)Nc1ccc(NC(=O)c2cccc([N+](=O)[O-])c2)cc1. The number of nitro benzene ring substituents is 1. The number of nitrogens with zero attached hydrogens (tertiary/aromatic N) is 2. The molecule has 0 bridgehead atoms. The van der Waals surface area contributed by atoms with Crippen LogP contribution in [0.25, 0.3) is 0 Å². The Bertz CT molecular complexity index is 863. The van der Waals surface area contributed by atoms with E-state index in [4.69, 9.17) is 4.74 Å². The highest BCUT2D eigenvalue weighted by molar-refractivity contribution is 6.04. The molecule has 0 spiro atoms. The van der Waals surface area contributed by atoms with E-state index in [1.54, 1.807) is 24.3 Å². The number of carbonyl (C=O) groups excluding carboxylic acids is 2. The smallest absolute Gasteiger partial charge is 0.270 e. The van der Waals surface area contributed by atoms with E-state index < -0.39 is 10.8 Å². The molecular weight excluding hydrogens is 364 g/mol. The Kier molecular flexibility index (Phi) is 6.30. The van der Waals surface area contributed by atoms with Crippen LogP contribution in [-0.2, 0) is 9.53 Å². The number of nitro groups is 1. The number of benzene rings is 2. The highest BCUT2D eigenvalue weighted by atomic mass is 16.6. The van der Waals surface area contributed by atoms with Gasteiger partial charge in [0.2, 0.25) is 5.91 Å². The van der Waals surface area contributed by atoms with Gasteiger partial charge in [-0.3, -0.25) is 24.6 Å². The maximum absolute atomic E-state index is 12.3. The van der Waals surface area contributed by atoms with E-state index in [9.17, 15) is 19.7 Å². The van der Waals surface area contributed by atoms with Gasteiger partial charge in [-0.1, -0.05) is 6.07 Å². The van der Waals surface area contributed by atoms with E-state index in [1.807, 2.05) is 4.90 Å². The lowest BCUT2D eigenvalue weighted by Gasteiger charge is -2.25. The van der Waals surface area contributed by atoms with Crippen molar-refractivity contribution in [3.05, 3.63) is 64.2 Å². The fourth-order valence-corrected chi connectivity index (χ4v) is 2.76. The van der Waals surface area contributed by atoms with Crippen LogP contribution in [0.2, 0.25) is 0 Å². The Balaban J connectivity index is 1.55. The summed E-state index contributed by atoms with van der Waals surface area (Å²) in [5, 5.41) is 16.3. The number of ether oxygens (including phenoxy) is 1. The molecule has 1 aliphatic heterocycles. The third kappa shape index (κ3) is 5.35. The second kappa shape index (κ2) is 9.07. The van der Waals surface area contributed by atoms with Gasteiger partial charge in [-0.2, -0.15) is 0 Å². The largest absolute Gasteiger partial charge is 0.379 e. The van der Waals surface area contributed by atoms with E-state index in [2.05, 4.69) is 10.6 Å². The maximum Gasteiger partial charge on any atom is 0.270 e. The van der Waals surface area contributed by atoms with Crippen molar-refractivity contribution in [3.8, 4) is 0 Å². The fraction of sp³-hybridized carbons (Fsp3) is 0.263. The Labute approximate surface area is 161 Å². The van der Waals surface area contributed by atoms with Crippen LogP contribution in [0.1, 0.15) is 10.4 Å². The number of rotatable bonds is 6. The van der Waals surface area contributed by atoms with Gasteiger partial charge < -0.3 is 15.4 Å². The average molecular weight is 384 g/mol. The van der Waals surface area contributed by atoms with Crippen molar-refractivity contribution in [1.29, 1.82) is 0 Å². The molecule has 0 unspecified atom stereocenters. The highest BCUT2D eigenvalue weighted by Crippen LogP contribution is 2.17. The van der Waals surface area contributed by atoms with E-state index in [1.165, 1.54) is 24.3 Å². The molecule has 2 N–H and O–H groups in total. The molecule has 2 aromatic carbocycles. The summed E-state index contributed by atoms with van der Waals surface area (Å²) < 4.78 is 5.25. The molecule has 0 saturated carbocycles. The summed E-state index contributed by atoms with van der Waals surface area (Å²) in [5.74, 6) is -0.567. The van der Waals surface area contributed by atoms with Gasteiger partial charge in [0, 0.05) is 42.2 Å². The summed E-state index contributed by atoms with van der Waals surface area (Å²) in [4.78, 5) is 36.6. The molecular formula is C19H20N4O5. The molecule has 1 saturated heterocycles. The molecule has 0 aromatic heterocycles. The van der Waals surface area contributed by atoms with Gasteiger partial charge in [0.1, 0.15) is 0 Å². The summed E-state index contributed by atoms with van der Waals surface area (Å²) in [6.07, 6.45) is 0. The molecule has 0 aliphatic carbocycles. The van der Waals surface area contributed by atoms with Crippen LogP contribution in [0.5, 0.6) is 0 Å². The van der Waals surface area contributed by atoms with Gasteiger partial charge in [-0.15, -0.1) is 0 Å². The summed E-state index contributed by atoms with van der Waals surface area (Å²) in [5.41, 5.74) is 1.18. The molecule has 146 valence electrons. The van der Waals surface area contributed by atoms with Gasteiger partial charge in [-0.05, 0) is 30.3 Å². The number of hydrogen-bond donors (Lipinski definition) is 2. The van der Waals surface area contributed by atoms with Crippen molar-refractivity contribution >= 4 is 28.9 Å². The second-order valence-electron chi connectivity index (χ2n) is 6.28. The average Bonchev–Trinajstić information content (AvgIpc) is 2.70. The van der Waals surface area contributed by atoms with Crippen LogP contribution in [0.15, 0.2) is 48.5 Å². The molecule has 1 fully saturated rings. The van der Waals surface area contributed by atoms with Crippen molar-refractivity contribution < 1.29 is 19.2 Å². The fourth-order valence-electron chi connectivity index (χ4n) is 2.76. The summed E-state index contributed by atoms with van der Waals surface area (Å²) in [7, 11) is 0. The number of nitrogens with one attached hydrogen (secondary N) is 2. The molecule has 2 amide bonds. The molecule has 2 aromatic rings. The van der Waals surface area contributed by atoms with Gasteiger partial charge in [0.25, 0.3) is 11.6 Å². The van der Waals surface area contributed by atoms with Crippen LogP contribution >= 0.6 is 0 Å². The standard InChI is InChI=1S/C19H20N4O5/c24-18(13-22-8-10-28-11-9-22)20-15-4-6-16(7-5-15)21-19(25)14-2-1-3-17(12-14)23(26)27/h1-7,12H,8-11,13H2,(H,20,24)(H,21,25). The van der Waals surface area contributed by atoms with Crippen molar-refractivity contribution in [1.82, 2.24) is 4.90 Å². The lowest BCUT2D eigenvalue weighted by molar-refractivity contribution is -0.384. The Morgan fingerprint density at radius 2 is 1.68 bits per heavy atom. The van der Waals surface area contributed by atoms with Crippen molar-refractivity contribution in [2.24, 2.45) is 0 Å². The van der Waals surface area contributed by atoms with Crippen molar-refractivity contribution in [3.63, 3.8) is 0 Å². The number of anilines is 2. The van der Waals surface area contributed by atoms with E-state index >= 15 is 0 Å². The second-order valence-corrected chi connectivity index (χ2v) is 6.28. The summed E-state index contributed by atoms with van der Waals surface area (Å²) in [6.45, 7) is 3.03. The zero-order valence-corrected chi connectivity index (χ0v) is 15.1. The van der Waals surface area contributed by atoms with Crippen LogP contribution in [0, 0.1) is 10.1 Å². The first-order valence-electron chi connectivity index (χ1n) is 8.77. The molecule has 9 heteroatoms. The monoisotopic (exact) mass is 384 g/mol. The first-order chi connectivity index (χ1) is 13.5. The summed E-state index contributed by atoms with van der Waals surface area (Å²) >= 11 is 0. The molecule has 9 nitrogen and oxygen atoms in total. The van der Waals surface area contributed by atoms with E-state index in [-0.39, 0.29) is 17.2 Å². The first-order valence-corrected chi connectivity index (χ1v) is 8.77. The minimum absolute atomic E-state index is 0.115. The molecule has 28 heavy (non-hydrogen) atoms. The Morgan fingerprint density at radius 3 is 2.32 bits per heavy atom. The Hall–Kier alpha value is -3.30. The van der Waals surface area contributed by atoms with E-state index in [0.29, 0.717) is 31.1 Å². The Morgan fingerprint density at radius 1 is 1.04 bits per heavy atom. The van der Waals surface area contributed by atoms with Gasteiger partial charge in [0.05, 0.1) is 24.7 Å². The number of hydrogen-bond acceptors (Lipinski definition) is 6. The van der Waals surface area contributed by atoms with Gasteiger partial charge in [0.15, 0.2) is 0 Å². The molecule has 1 aliphatic rings. The third-order valence-corrected chi connectivity index (χ3v) is 4.22. The van der Waals surface area contributed by atoms with Crippen LogP contribution in [0.3, 0.4) is 0 Å². The van der Waals surface area contributed by atoms with Crippen LogP contribution < -0.4 is 10.6 Å². The first kappa shape index (κ1) is 19.5. The maximum atomic E-state index is 12.3. The third-order valence-electron chi connectivity index (χ3n) is 4.22. The number of morpholine rings is 1. The highest BCUT2D eigenvalue weighted by Gasteiger charge is 2.14. The predicted molar refractivity (Wildman–Crippen MR) is 103 cm³/mol. The van der Waals surface area contributed by atoms with Crippen molar-refractivity contribution in [2.75, 3.05) is 43.5 Å². The molecule has 0 radical (unpaired) electrons. The minimum Gasteiger partial charge on any atom is -0.379 e. The van der Waals surface area contributed by atoms with Crippen LogP contribution in [0.4, 0.5) is 17.1 Å². The molecule has 1 heterocycles. The predicted octanol–water partition coefficient (Wildman–Crippen LogP) is 2.12. The normalized spacial score (nSPS) is 14.3. The van der Waals surface area contributed by atoms with Crippen LogP contribution in [-0.4, -0.2) is 54.5 Å². The van der Waals surface area contributed by atoms with Gasteiger partial charge in [-0.25, -0.2) is 0 Å². The number of carbonyl (C=O) groups is 2. The molecule has 3 rings (SSSR count). The molecule has 0 atom stereocenters. The quantitative estimate of drug-likeness (QED) is 0.582. The lowest BCUT2D eigenvalue weighted by atomic mass is 10.2. The minimum atomic E-state index is -0.550. The van der Waals surface area contributed by atoms with E-state index in [0.717, 1.165) is 13.1 Å². The zero-order chi connectivity index (χ0) is 19.9. The summed E-state index contributed by atoms with van der Waals surface area (Å²) in [6, 6.07) is 12.2.